The quantitative estimate of drug-likeness (QED) is 0.145. The van der Waals surface area contributed by atoms with Crippen molar-refractivity contribution in [2.24, 2.45) is 4.99 Å². The summed E-state index contributed by atoms with van der Waals surface area (Å²) in [6, 6.07) is 16.0. The van der Waals surface area contributed by atoms with Crippen LogP contribution in [0.25, 0.3) is 5.69 Å². The summed E-state index contributed by atoms with van der Waals surface area (Å²) in [5, 5.41) is 11.6. The fourth-order valence-electron chi connectivity index (χ4n) is 2.48. The lowest BCUT2D eigenvalue weighted by Crippen LogP contribution is -2.38. The molecule has 0 radical (unpaired) electrons. The Morgan fingerprint density at radius 3 is 2.52 bits per heavy atom. The number of thioether (sulfide) groups is 1. The van der Waals surface area contributed by atoms with Gasteiger partial charge < -0.3 is 10.6 Å². The average molecular weight is 543 g/mol. The van der Waals surface area contributed by atoms with Crippen molar-refractivity contribution in [3.05, 3.63) is 71.8 Å². The maximum Gasteiger partial charge on any atom is 0.191 e. The zero-order valence-electron chi connectivity index (χ0n) is 16.1. The summed E-state index contributed by atoms with van der Waals surface area (Å²) in [5.41, 5.74) is 2.12. The topological polar surface area (TPSA) is 67.1 Å². The minimum absolute atomic E-state index is 0. The van der Waals surface area contributed by atoms with Crippen LogP contribution in [0.5, 0.6) is 0 Å². The standard InChI is InChI=1S/C20H23ClN6S.HI/c1-2-23-20(24-11-12-28-19-9-5-17(21)6-10-19)25-13-16-3-7-18(8-4-16)27-15-22-14-26-27;/h3-10,14-15H,2,11-13H2,1H3,(H2,23,24,25);1H. The first-order valence-electron chi connectivity index (χ1n) is 9.09. The molecule has 2 N–H and O–H groups in total. The van der Waals surface area contributed by atoms with Crippen molar-refractivity contribution in [3.8, 4) is 5.69 Å². The Hall–Kier alpha value is -1.78. The van der Waals surface area contributed by atoms with Crippen molar-refractivity contribution < 1.29 is 0 Å². The fourth-order valence-corrected chi connectivity index (χ4v) is 3.37. The van der Waals surface area contributed by atoms with Gasteiger partial charge in [-0.2, -0.15) is 5.10 Å². The molecule has 0 amide bonds. The molecule has 0 unspecified atom stereocenters. The van der Waals surface area contributed by atoms with E-state index in [1.54, 1.807) is 22.8 Å². The predicted octanol–water partition coefficient (Wildman–Crippen LogP) is 4.39. The molecule has 3 aromatic rings. The summed E-state index contributed by atoms with van der Waals surface area (Å²) < 4.78 is 1.73. The maximum absolute atomic E-state index is 5.92. The molecule has 6 nitrogen and oxygen atoms in total. The third-order valence-electron chi connectivity index (χ3n) is 3.86. The second kappa shape index (κ2) is 12.7. The van der Waals surface area contributed by atoms with Gasteiger partial charge in [0.15, 0.2) is 5.96 Å². The maximum atomic E-state index is 5.92. The smallest absolute Gasteiger partial charge is 0.191 e. The van der Waals surface area contributed by atoms with Crippen molar-refractivity contribution in [2.45, 2.75) is 18.4 Å². The minimum atomic E-state index is 0. The highest BCUT2D eigenvalue weighted by Gasteiger charge is 2.00. The van der Waals surface area contributed by atoms with Crippen molar-refractivity contribution in [2.75, 3.05) is 18.8 Å². The second-order valence-corrected chi connectivity index (χ2v) is 7.54. The molecule has 2 aromatic carbocycles. The van der Waals surface area contributed by atoms with E-state index in [1.165, 1.54) is 11.2 Å². The first-order valence-corrected chi connectivity index (χ1v) is 10.5. The molecule has 1 aromatic heterocycles. The van der Waals surface area contributed by atoms with Crippen LogP contribution < -0.4 is 10.6 Å². The van der Waals surface area contributed by atoms with Gasteiger partial charge >= 0.3 is 0 Å². The molecule has 0 saturated heterocycles. The first kappa shape index (κ1) is 23.5. The minimum Gasteiger partial charge on any atom is -0.357 e. The van der Waals surface area contributed by atoms with Gasteiger partial charge in [-0.3, -0.25) is 0 Å². The Balaban J connectivity index is 0.00000300. The van der Waals surface area contributed by atoms with Crippen LogP contribution in [0.15, 0.2) is 71.1 Å². The summed E-state index contributed by atoms with van der Waals surface area (Å²) >= 11 is 7.70. The first-order chi connectivity index (χ1) is 13.7. The number of hydrogen-bond donors (Lipinski definition) is 2. The monoisotopic (exact) mass is 542 g/mol. The van der Waals surface area contributed by atoms with Crippen molar-refractivity contribution in [3.63, 3.8) is 0 Å². The Morgan fingerprint density at radius 2 is 1.86 bits per heavy atom. The second-order valence-electron chi connectivity index (χ2n) is 5.93. The number of halogens is 2. The Kier molecular flexibility index (Phi) is 10.3. The van der Waals surface area contributed by atoms with Crippen LogP contribution in [0.1, 0.15) is 12.5 Å². The highest BCUT2D eigenvalue weighted by molar-refractivity contribution is 14.0. The summed E-state index contributed by atoms with van der Waals surface area (Å²) in [6.45, 7) is 4.32. The molecular weight excluding hydrogens is 519 g/mol. The van der Waals surface area contributed by atoms with Crippen LogP contribution >= 0.6 is 47.3 Å². The Morgan fingerprint density at radius 1 is 1.10 bits per heavy atom. The van der Waals surface area contributed by atoms with Gasteiger partial charge in [-0.05, 0) is 48.9 Å². The van der Waals surface area contributed by atoms with Crippen molar-refractivity contribution in [1.29, 1.82) is 0 Å². The number of rotatable bonds is 8. The number of aromatic nitrogens is 3. The molecule has 9 heteroatoms. The third kappa shape index (κ3) is 7.87. The van der Waals surface area contributed by atoms with E-state index in [2.05, 4.69) is 44.8 Å². The summed E-state index contributed by atoms with van der Waals surface area (Å²) in [7, 11) is 0. The summed E-state index contributed by atoms with van der Waals surface area (Å²) in [4.78, 5) is 9.84. The average Bonchev–Trinajstić information content (AvgIpc) is 3.26. The molecule has 0 fully saturated rings. The molecule has 0 saturated carbocycles. The van der Waals surface area contributed by atoms with Gasteiger partial charge in [0.05, 0.1) is 12.2 Å². The lowest BCUT2D eigenvalue weighted by molar-refractivity contribution is 0.842. The zero-order chi connectivity index (χ0) is 19.6. The molecule has 0 aliphatic heterocycles. The van der Waals surface area contributed by atoms with Crippen LogP contribution in [-0.4, -0.2) is 39.6 Å². The fraction of sp³-hybridized carbons (Fsp3) is 0.250. The number of nitrogens with one attached hydrogen (secondary N) is 2. The molecule has 154 valence electrons. The SMILES string of the molecule is CCNC(=NCc1ccc(-n2cncn2)cc1)NCCSc1ccc(Cl)cc1.I. The van der Waals surface area contributed by atoms with E-state index in [9.17, 15) is 0 Å². The molecule has 0 aliphatic carbocycles. The molecule has 29 heavy (non-hydrogen) atoms. The molecule has 3 rings (SSSR count). The van der Waals surface area contributed by atoms with Crippen LogP contribution in [0, 0.1) is 0 Å². The molecule has 0 aliphatic rings. The predicted molar refractivity (Wildman–Crippen MR) is 132 cm³/mol. The third-order valence-corrected chi connectivity index (χ3v) is 5.13. The van der Waals surface area contributed by atoms with Gasteiger partial charge in [-0.1, -0.05) is 23.7 Å². The number of guanidine groups is 1. The van der Waals surface area contributed by atoms with E-state index in [-0.39, 0.29) is 24.0 Å². The summed E-state index contributed by atoms with van der Waals surface area (Å²) in [6.07, 6.45) is 3.21. The van der Waals surface area contributed by atoms with Crippen LogP contribution in [-0.2, 0) is 6.54 Å². The van der Waals surface area contributed by atoms with Gasteiger partial charge in [0.1, 0.15) is 12.7 Å². The van der Waals surface area contributed by atoms with E-state index < -0.39 is 0 Å². The number of aliphatic imine (C=N–C) groups is 1. The van der Waals surface area contributed by atoms with E-state index in [1.807, 2.05) is 36.4 Å². The molecule has 0 atom stereocenters. The molecule has 0 bridgehead atoms. The summed E-state index contributed by atoms with van der Waals surface area (Å²) in [5.74, 6) is 1.76. The highest BCUT2D eigenvalue weighted by Crippen LogP contribution is 2.19. The Labute approximate surface area is 197 Å². The van der Waals surface area contributed by atoms with Gasteiger partial charge in [0.2, 0.25) is 0 Å². The molecular formula is C20H24ClIN6S. The lowest BCUT2D eigenvalue weighted by atomic mass is 10.2. The van der Waals surface area contributed by atoms with Gasteiger partial charge in [-0.15, -0.1) is 35.7 Å². The normalized spacial score (nSPS) is 11.0. The van der Waals surface area contributed by atoms with Gasteiger partial charge in [-0.25, -0.2) is 14.7 Å². The van der Waals surface area contributed by atoms with Gasteiger partial charge in [0, 0.05) is 28.8 Å². The largest absolute Gasteiger partial charge is 0.357 e. The van der Waals surface area contributed by atoms with Crippen molar-refractivity contribution >= 4 is 53.3 Å². The zero-order valence-corrected chi connectivity index (χ0v) is 20.0. The molecule has 0 spiro atoms. The Bertz CT molecular complexity index is 869. The number of nitrogens with zero attached hydrogens (tertiary/aromatic N) is 4. The van der Waals surface area contributed by atoms with Gasteiger partial charge in [0.25, 0.3) is 0 Å². The number of benzene rings is 2. The van der Waals surface area contributed by atoms with E-state index in [0.29, 0.717) is 6.54 Å². The number of hydrogen-bond acceptors (Lipinski definition) is 4. The van der Waals surface area contributed by atoms with E-state index in [0.717, 1.165) is 41.1 Å². The van der Waals surface area contributed by atoms with Crippen LogP contribution in [0.4, 0.5) is 0 Å². The van der Waals surface area contributed by atoms with Crippen molar-refractivity contribution in [1.82, 2.24) is 25.4 Å². The highest BCUT2D eigenvalue weighted by atomic mass is 127. The van der Waals surface area contributed by atoms with Crippen LogP contribution in [0.2, 0.25) is 5.02 Å². The molecule has 1 heterocycles. The van der Waals surface area contributed by atoms with Crippen LogP contribution in [0.3, 0.4) is 0 Å². The lowest BCUT2D eigenvalue weighted by Gasteiger charge is -2.11. The van der Waals surface area contributed by atoms with E-state index in [4.69, 9.17) is 11.6 Å². The van der Waals surface area contributed by atoms with E-state index >= 15 is 0 Å².